The highest BCUT2D eigenvalue weighted by molar-refractivity contribution is 5.80. The summed E-state index contributed by atoms with van der Waals surface area (Å²) < 4.78 is 0. The Morgan fingerprint density at radius 1 is 1.00 bits per heavy atom. The summed E-state index contributed by atoms with van der Waals surface area (Å²) >= 11 is 0. The molecule has 0 aromatic heterocycles. The standard InChI is InChI=1S/C24H48N2O2/c1-17(2)15-19(16-27)23(7,8)24(9,10)26-21(28)20(13-12-14-25-11)22(5,6)18(3)4/h16-20,25H,12-15H2,1-11H3,(H,26,28). The maximum Gasteiger partial charge on any atom is 0.224 e. The second-order valence-electron chi connectivity index (χ2n) is 11.0. The quantitative estimate of drug-likeness (QED) is 0.338. The highest BCUT2D eigenvalue weighted by atomic mass is 16.2. The number of carbonyl (C=O) groups excluding carboxylic acids is 2. The molecule has 0 heterocycles. The van der Waals surface area contributed by atoms with Gasteiger partial charge in [-0.05, 0) is 69.4 Å². The molecule has 0 rings (SSSR count). The van der Waals surface area contributed by atoms with E-state index in [1.807, 2.05) is 7.05 Å². The van der Waals surface area contributed by atoms with Crippen LogP contribution in [0.2, 0.25) is 0 Å². The Hall–Kier alpha value is -0.900. The van der Waals surface area contributed by atoms with E-state index in [0.717, 1.165) is 32.1 Å². The Bertz CT molecular complexity index is 493. The van der Waals surface area contributed by atoms with Crippen molar-refractivity contribution in [3.05, 3.63) is 0 Å². The van der Waals surface area contributed by atoms with Crippen molar-refractivity contribution in [1.29, 1.82) is 0 Å². The summed E-state index contributed by atoms with van der Waals surface area (Å²) in [6.45, 7) is 22.3. The van der Waals surface area contributed by atoms with Crippen LogP contribution in [-0.4, -0.2) is 31.3 Å². The minimum Gasteiger partial charge on any atom is -0.350 e. The molecule has 0 bridgehead atoms. The molecule has 4 heteroatoms. The fourth-order valence-electron chi connectivity index (χ4n) is 3.77. The van der Waals surface area contributed by atoms with E-state index in [0.29, 0.717) is 11.8 Å². The molecule has 0 saturated carbocycles. The van der Waals surface area contributed by atoms with Gasteiger partial charge in [-0.1, -0.05) is 55.4 Å². The lowest BCUT2D eigenvalue weighted by molar-refractivity contribution is -0.135. The monoisotopic (exact) mass is 396 g/mol. The average Bonchev–Trinajstić information content (AvgIpc) is 2.54. The Morgan fingerprint density at radius 3 is 1.93 bits per heavy atom. The summed E-state index contributed by atoms with van der Waals surface area (Å²) in [4.78, 5) is 25.3. The number of rotatable bonds is 13. The Kier molecular flexibility index (Phi) is 10.4. The van der Waals surface area contributed by atoms with Crippen LogP contribution in [0.4, 0.5) is 0 Å². The van der Waals surface area contributed by atoms with Crippen molar-refractivity contribution in [2.45, 2.75) is 94.0 Å². The normalized spacial score (nSPS) is 15.6. The van der Waals surface area contributed by atoms with Crippen molar-refractivity contribution in [3.8, 4) is 0 Å². The zero-order valence-electron chi connectivity index (χ0n) is 20.5. The first kappa shape index (κ1) is 27.1. The van der Waals surface area contributed by atoms with E-state index in [-0.39, 0.29) is 28.6 Å². The van der Waals surface area contributed by atoms with Crippen LogP contribution in [0, 0.1) is 34.5 Å². The molecule has 0 saturated heterocycles. The first-order chi connectivity index (χ1) is 12.6. The van der Waals surface area contributed by atoms with Crippen molar-refractivity contribution >= 4 is 12.2 Å². The molecule has 2 unspecified atom stereocenters. The van der Waals surface area contributed by atoms with Crippen LogP contribution in [0.15, 0.2) is 0 Å². The highest BCUT2D eigenvalue weighted by Gasteiger charge is 2.46. The van der Waals surface area contributed by atoms with Crippen molar-refractivity contribution in [2.24, 2.45) is 34.5 Å². The fourth-order valence-corrected chi connectivity index (χ4v) is 3.77. The van der Waals surface area contributed by atoms with Gasteiger partial charge in [0.2, 0.25) is 5.91 Å². The van der Waals surface area contributed by atoms with Gasteiger partial charge in [0.1, 0.15) is 6.29 Å². The molecule has 0 aliphatic rings. The molecule has 0 aromatic carbocycles. The van der Waals surface area contributed by atoms with E-state index in [4.69, 9.17) is 0 Å². The second kappa shape index (κ2) is 10.8. The summed E-state index contributed by atoms with van der Waals surface area (Å²) in [7, 11) is 1.95. The average molecular weight is 397 g/mol. The summed E-state index contributed by atoms with van der Waals surface area (Å²) in [5.41, 5.74) is -0.926. The Labute approximate surface area is 175 Å². The third-order valence-electron chi connectivity index (χ3n) is 7.49. The third kappa shape index (κ3) is 6.86. The van der Waals surface area contributed by atoms with E-state index >= 15 is 0 Å². The van der Waals surface area contributed by atoms with E-state index in [2.05, 4.69) is 79.9 Å². The van der Waals surface area contributed by atoms with Crippen molar-refractivity contribution in [3.63, 3.8) is 0 Å². The first-order valence-corrected chi connectivity index (χ1v) is 11.1. The molecule has 1 amide bonds. The number of hydrogen-bond acceptors (Lipinski definition) is 3. The lowest BCUT2D eigenvalue weighted by atomic mass is 9.63. The number of carbonyl (C=O) groups is 2. The van der Waals surface area contributed by atoms with Gasteiger partial charge in [0.15, 0.2) is 0 Å². The number of nitrogens with one attached hydrogen (secondary N) is 2. The van der Waals surface area contributed by atoms with Crippen LogP contribution in [0.1, 0.15) is 88.5 Å². The molecule has 2 N–H and O–H groups in total. The molecule has 28 heavy (non-hydrogen) atoms. The molecule has 0 aromatic rings. The number of hydrogen-bond donors (Lipinski definition) is 2. The molecule has 0 radical (unpaired) electrons. The number of aldehydes is 1. The topological polar surface area (TPSA) is 58.2 Å². The minimum atomic E-state index is -0.487. The van der Waals surface area contributed by atoms with Gasteiger partial charge in [-0.25, -0.2) is 0 Å². The summed E-state index contributed by atoms with van der Waals surface area (Å²) in [6.07, 6.45) is 3.74. The zero-order chi connectivity index (χ0) is 22.3. The zero-order valence-corrected chi connectivity index (χ0v) is 20.5. The van der Waals surface area contributed by atoms with Crippen LogP contribution in [0.5, 0.6) is 0 Å². The lowest BCUT2D eigenvalue weighted by Crippen LogP contribution is -2.59. The molecule has 0 aliphatic carbocycles. The summed E-state index contributed by atoms with van der Waals surface area (Å²) in [5.74, 6) is 0.800. The molecule has 2 atom stereocenters. The van der Waals surface area contributed by atoms with E-state index in [9.17, 15) is 9.59 Å². The van der Waals surface area contributed by atoms with Crippen molar-refractivity contribution in [2.75, 3.05) is 13.6 Å². The van der Waals surface area contributed by atoms with Gasteiger partial charge in [-0.15, -0.1) is 0 Å². The van der Waals surface area contributed by atoms with Crippen LogP contribution in [0.25, 0.3) is 0 Å². The lowest BCUT2D eigenvalue weighted by Gasteiger charge is -2.48. The molecule has 0 spiro atoms. The smallest absolute Gasteiger partial charge is 0.224 e. The van der Waals surface area contributed by atoms with Gasteiger partial charge in [0.05, 0.1) is 0 Å². The van der Waals surface area contributed by atoms with E-state index in [1.165, 1.54) is 0 Å². The van der Waals surface area contributed by atoms with Crippen molar-refractivity contribution < 1.29 is 9.59 Å². The van der Waals surface area contributed by atoms with Crippen molar-refractivity contribution in [1.82, 2.24) is 10.6 Å². The molecule has 0 fully saturated rings. The van der Waals surface area contributed by atoms with E-state index < -0.39 is 5.54 Å². The molecule has 0 aliphatic heterocycles. The largest absolute Gasteiger partial charge is 0.350 e. The highest BCUT2D eigenvalue weighted by Crippen LogP contribution is 2.42. The van der Waals surface area contributed by atoms with Gasteiger partial charge in [-0.2, -0.15) is 0 Å². The maximum absolute atomic E-state index is 13.5. The van der Waals surface area contributed by atoms with Gasteiger partial charge in [0, 0.05) is 17.4 Å². The van der Waals surface area contributed by atoms with Gasteiger partial charge < -0.3 is 15.4 Å². The number of amides is 1. The van der Waals surface area contributed by atoms with Gasteiger partial charge in [-0.3, -0.25) is 4.79 Å². The maximum atomic E-state index is 13.5. The second-order valence-corrected chi connectivity index (χ2v) is 11.0. The van der Waals surface area contributed by atoms with Gasteiger partial charge >= 0.3 is 0 Å². The summed E-state index contributed by atoms with van der Waals surface area (Å²) in [6, 6.07) is 0. The van der Waals surface area contributed by atoms with Crippen LogP contribution < -0.4 is 10.6 Å². The Balaban J connectivity index is 5.63. The molecule has 166 valence electrons. The van der Waals surface area contributed by atoms with Crippen LogP contribution >= 0.6 is 0 Å². The SMILES string of the molecule is CNCCCC(C(=O)NC(C)(C)C(C)(C)C(C=O)CC(C)C)C(C)(C)C(C)C. The van der Waals surface area contributed by atoms with Gasteiger partial charge in [0.25, 0.3) is 0 Å². The van der Waals surface area contributed by atoms with Crippen LogP contribution in [0.3, 0.4) is 0 Å². The Morgan fingerprint density at radius 2 is 1.54 bits per heavy atom. The predicted octanol–water partition coefficient (Wildman–Crippen LogP) is 5.07. The minimum absolute atomic E-state index is 0.0595. The fraction of sp³-hybridized carbons (Fsp3) is 0.917. The molecular formula is C24H48N2O2. The predicted molar refractivity (Wildman–Crippen MR) is 120 cm³/mol. The first-order valence-electron chi connectivity index (χ1n) is 11.1. The summed E-state index contributed by atoms with van der Waals surface area (Å²) in [5, 5.41) is 6.54. The molecular weight excluding hydrogens is 348 g/mol. The third-order valence-corrected chi connectivity index (χ3v) is 7.49. The van der Waals surface area contributed by atoms with Crippen LogP contribution in [-0.2, 0) is 9.59 Å². The molecule has 4 nitrogen and oxygen atoms in total. The van der Waals surface area contributed by atoms with E-state index in [1.54, 1.807) is 0 Å².